The molecule has 0 saturated heterocycles. The molecule has 0 unspecified atom stereocenters. The quantitative estimate of drug-likeness (QED) is 0.875. The molecule has 1 amide bonds. The summed E-state index contributed by atoms with van der Waals surface area (Å²) >= 11 is 5.79. The molecule has 1 rings (SSSR count). The highest BCUT2D eigenvalue weighted by Crippen LogP contribution is 2.09. The van der Waals surface area contributed by atoms with Crippen molar-refractivity contribution in [2.45, 2.75) is 26.3 Å². The molecule has 0 aliphatic rings. The molecule has 0 fully saturated rings. The standard InChI is InChI=1S/C13H19ClN2O.ClH/c1-9(2)12(15)13(17)16-8-7-10-3-5-11(14)6-4-10;/h3-6,9,12H,7-8,15H2,1-2H3,(H,16,17);1H/t12-;/m1./s1. The van der Waals surface area contributed by atoms with Gasteiger partial charge in [-0.2, -0.15) is 0 Å². The van der Waals surface area contributed by atoms with Crippen LogP contribution in [0.4, 0.5) is 0 Å². The van der Waals surface area contributed by atoms with E-state index in [4.69, 9.17) is 17.3 Å². The third-order valence-corrected chi connectivity index (χ3v) is 2.90. The van der Waals surface area contributed by atoms with Crippen molar-refractivity contribution in [1.82, 2.24) is 5.32 Å². The van der Waals surface area contributed by atoms with Crippen LogP contribution < -0.4 is 11.1 Å². The van der Waals surface area contributed by atoms with Gasteiger partial charge in [0.15, 0.2) is 0 Å². The van der Waals surface area contributed by atoms with E-state index in [0.717, 1.165) is 17.0 Å². The van der Waals surface area contributed by atoms with Crippen LogP contribution in [0.1, 0.15) is 19.4 Å². The van der Waals surface area contributed by atoms with Crippen LogP contribution in [0.3, 0.4) is 0 Å². The fourth-order valence-electron chi connectivity index (χ4n) is 1.40. The fourth-order valence-corrected chi connectivity index (χ4v) is 1.53. The predicted octanol–water partition coefficient (Wildman–Crippen LogP) is 2.40. The van der Waals surface area contributed by atoms with Crippen molar-refractivity contribution in [3.8, 4) is 0 Å². The van der Waals surface area contributed by atoms with Crippen LogP contribution in [-0.2, 0) is 11.2 Å². The van der Waals surface area contributed by atoms with Crippen molar-refractivity contribution in [3.63, 3.8) is 0 Å². The van der Waals surface area contributed by atoms with E-state index in [2.05, 4.69) is 5.32 Å². The number of amides is 1. The lowest BCUT2D eigenvalue weighted by Crippen LogP contribution is -2.44. The highest BCUT2D eigenvalue weighted by Gasteiger charge is 2.16. The molecule has 1 atom stereocenters. The summed E-state index contributed by atoms with van der Waals surface area (Å²) in [5, 5.41) is 3.55. The summed E-state index contributed by atoms with van der Waals surface area (Å²) in [5.74, 6) is 0.0690. The molecule has 0 saturated carbocycles. The Kier molecular flexibility index (Phi) is 8.00. The van der Waals surface area contributed by atoms with Gasteiger partial charge in [0.25, 0.3) is 0 Å². The number of benzene rings is 1. The maximum atomic E-state index is 11.6. The fraction of sp³-hybridized carbons (Fsp3) is 0.462. The van der Waals surface area contributed by atoms with E-state index in [1.54, 1.807) is 0 Å². The Bertz CT molecular complexity index is 366. The van der Waals surface area contributed by atoms with Crippen LogP contribution in [-0.4, -0.2) is 18.5 Å². The van der Waals surface area contributed by atoms with E-state index in [1.807, 2.05) is 38.1 Å². The summed E-state index contributed by atoms with van der Waals surface area (Å²) in [7, 11) is 0. The first kappa shape index (κ1) is 17.2. The normalized spacial score (nSPS) is 11.8. The molecule has 0 aromatic heterocycles. The van der Waals surface area contributed by atoms with Crippen molar-refractivity contribution in [3.05, 3.63) is 34.9 Å². The van der Waals surface area contributed by atoms with Crippen LogP contribution in [0.15, 0.2) is 24.3 Å². The van der Waals surface area contributed by atoms with Gasteiger partial charge in [-0.1, -0.05) is 37.6 Å². The Morgan fingerprint density at radius 1 is 1.33 bits per heavy atom. The Balaban J connectivity index is 0.00000289. The second-order valence-electron chi connectivity index (χ2n) is 4.44. The number of nitrogens with one attached hydrogen (secondary N) is 1. The number of hydrogen-bond donors (Lipinski definition) is 2. The smallest absolute Gasteiger partial charge is 0.237 e. The molecule has 0 bridgehead atoms. The second kappa shape index (κ2) is 8.35. The lowest BCUT2D eigenvalue weighted by atomic mass is 10.0. The minimum Gasteiger partial charge on any atom is -0.354 e. The third-order valence-electron chi connectivity index (χ3n) is 2.65. The molecular formula is C13H20Cl2N2O. The number of carbonyl (C=O) groups is 1. The Morgan fingerprint density at radius 3 is 2.39 bits per heavy atom. The first-order valence-corrected chi connectivity index (χ1v) is 6.16. The first-order valence-electron chi connectivity index (χ1n) is 5.78. The molecule has 0 spiro atoms. The van der Waals surface area contributed by atoms with Crippen LogP contribution in [0, 0.1) is 5.92 Å². The van der Waals surface area contributed by atoms with Crippen LogP contribution in [0.5, 0.6) is 0 Å². The van der Waals surface area contributed by atoms with Crippen molar-refractivity contribution in [2.24, 2.45) is 11.7 Å². The largest absolute Gasteiger partial charge is 0.354 e. The summed E-state index contributed by atoms with van der Waals surface area (Å²) in [5.41, 5.74) is 6.88. The molecule has 0 aliphatic carbocycles. The topological polar surface area (TPSA) is 55.1 Å². The molecule has 5 heteroatoms. The molecule has 1 aromatic rings. The van der Waals surface area contributed by atoms with Gasteiger partial charge in [-0.25, -0.2) is 0 Å². The van der Waals surface area contributed by atoms with Gasteiger partial charge in [-0.3, -0.25) is 4.79 Å². The minimum atomic E-state index is -0.430. The van der Waals surface area contributed by atoms with E-state index in [0.29, 0.717) is 6.54 Å². The minimum absolute atomic E-state index is 0. The van der Waals surface area contributed by atoms with Crippen molar-refractivity contribution in [2.75, 3.05) is 6.54 Å². The number of rotatable bonds is 5. The Morgan fingerprint density at radius 2 is 1.89 bits per heavy atom. The molecular weight excluding hydrogens is 271 g/mol. The van der Waals surface area contributed by atoms with Gasteiger partial charge in [-0.15, -0.1) is 12.4 Å². The van der Waals surface area contributed by atoms with E-state index >= 15 is 0 Å². The molecule has 18 heavy (non-hydrogen) atoms. The van der Waals surface area contributed by atoms with Crippen molar-refractivity contribution >= 4 is 29.9 Å². The summed E-state index contributed by atoms with van der Waals surface area (Å²) in [6.45, 7) is 4.47. The predicted molar refractivity (Wildman–Crippen MR) is 78.2 cm³/mol. The average Bonchev–Trinajstić information content (AvgIpc) is 2.30. The molecule has 102 valence electrons. The summed E-state index contributed by atoms with van der Waals surface area (Å²) < 4.78 is 0. The number of halogens is 2. The maximum absolute atomic E-state index is 11.6. The molecule has 3 N–H and O–H groups in total. The van der Waals surface area contributed by atoms with Crippen molar-refractivity contribution in [1.29, 1.82) is 0 Å². The van der Waals surface area contributed by atoms with Crippen LogP contribution >= 0.6 is 24.0 Å². The Hall–Kier alpha value is -0.770. The number of nitrogens with two attached hydrogens (primary N) is 1. The zero-order valence-corrected chi connectivity index (χ0v) is 12.2. The summed E-state index contributed by atoms with van der Waals surface area (Å²) in [6, 6.07) is 7.17. The molecule has 1 aromatic carbocycles. The van der Waals surface area contributed by atoms with Gasteiger partial charge in [0, 0.05) is 11.6 Å². The van der Waals surface area contributed by atoms with Gasteiger partial charge >= 0.3 is 0 Å². The van der Waals surface area contributed by atoms with Gasteiger partial charge in [0.05, 0.1) is 6.04 Å². The SMILES string of the molecule is CC(C)[C@@H](N)C(=O)NCCc1ccc(Cl)cc1.Cl. The third kappa shape index (κ3) is 5.71. The lowest BCUT2D eigenvalue weighted by Gasteiger charge is -2.15. The monoisotopic (exact) mass is 290 g/mol. The molecule has 0 heterocycles. The van der Waals surface area contributed by atoms with Crippen LogP contribution in [0.2, 0.25) is 5.02 Å². The van der Waals surface area contributed by atoms with Gasteiger partial charge < -0.3 is 11.1 Å². The summed E-state index contributed by atoms with van der Waals surface area (Å²) in [4.78, 5) is 11.6. The van der Waals surface area contributed by atoms with Gasteiger partial charge in [-0.05, 0) is 30.0 Å². The first-order chi connectivity index (χ1) is 8.00. The van der Waals surface area contributed by atoms with Crippen molar-refractivity contribution < 1.29 is 4.79 Å². The van der Waals surface area contributed by atoms with E-state index in [1.165, 1.54) is 0 Å². The van der Waals surface area contributed by atoms with E-state index in [9.17, 15) is 4.79 Å². The maximum Gasteiger partial charge on any atom is 0.237 e. The van der Waals surface area contributed by atoms with Gasteiger partial charge in [0.2, 0.25) is 5.91 Å². The number of carbonyl (C=O) groups excluding carboxylic acids is 1. The van der Waals surface area contributed by atoms with Gasteiger partial charge in [0.1, 0.15) is 0 Å². The molecule has 3 nitrogen and oxygen atoms in total. The zero-order valence-electron chi connectivity index (χ0n) is 10.7. The zero-order chi connectivity index (χ0) is 12.8. The highest BCUT2D eigenvalue weighted by molar-refractivity contribution is 6.30. The number of hydrogen-bond acceptors (Lipinski definition) is 2. The van der Waals surface area contributed by atoms with E-state index < -0.39 is 6.04 Å². The molecule has 0 aliphatic heterocycles. The second-order valence-corrected chi connectivity index (χ2v) is 4.87. The van der Waals surface area contributed by atoms with E-state index in [-0.39, 0.29) is 24.2 Å². The molecule has 0 radical (unpaired) electrons. The average molecular weight is 291 g/mol. The highest BCUT2D eigenvalue weighted by atomic mass is 35.5. The Labute approximate surface area is 119 Å². The summed E-state index contributed by atoms with van der Waals surface area (Å²) in [6.07, 6.45) is 0.785. The lowest BCUT2D eigenvalue weighted by molar-refractivity contribution is -0.123. The van der Waals surface area contributed by atoms with Crippen LogP contribution in [0.25, 0.3) is 0 Å².